The lowest BCUT2D eigenvalue weighted by Crippen LogP contribution is -2.52. The Balaban J connectivity index is 2.01. The Kier molecular flexibility index (Phi) is 5.37. The van der Waals surface area contributed by atoms with Crippen LogP contribution in [0.25, 0.3) is 0 Å². The third-order valence-electron chi connectivity index (χ3n) is 4.83. The maximum Gasteiger partial charge on any atom is 0.0701 e. The zero-order valence-corrected chi connectivity index (χ0v) is 12.9. The van der Waals surface area contributed by atoms with E-state index in [1.165, 1.54) is 32.4 Å². The first-order chi connectivity index (χ1) is 9.13. The molecule has 4 atom stereocenters. The molecule has 2 aliphatic rings. The van der Waals surface area contributed by atoms with E-state index in [1.807, 2.05) is 14.2 Å². The van der Waals surface area contributed by atoms with E-state index >= 15 is 0 Å². The average Bonchev–Trinajstić information content (AvgIpc) is 2.40. The van der Waals surface area contributed by atoms with Crippen molar-refractivity contribution < 1.29 is 4.74 Å². The van der Waals surface area contributed by atoms with Crippen molar-refractivity contribution in [2.75, 3.05) is 47.9 Å². The van der Waals surface area contributed by atoms with Crippen LogP contribution in [0.5, 0.6) is 0 Å². The van der Waals surface area contributed by atoms with Crippen LogP contribution in [0.1, 0.15) is 19.3 Å². The van der Waals surface area contributed by atoms with E-state index in [-0.39, 0.29) is 0 Å². The Morgan fingerprint density at radius 1 is 1.21 bits per heavy atom. The standard InChI is InChI=1S/C15H29N3O/c1-16-9-12-5-6-18(3)15(7-12)13-8-14(19-4)11-17(2)10-13/h9,12-15H,5-8,10-11H2,1-4H3. The Labute approximate surface area is 117 Å². The van der Waals surface area contributed by atoms with Gasteiger partial charge >= 0.3 is 0 Å². The quantitative estimate of drug-likeness (QED) is 0.723. The zero-order chi connectivity index (χ0) is 13.8. The van der Waals surface area contributed by atoms with Crippen molar-refractivity contribution in [2.45, 2.75) is 31.4 Å². The lowest BCUT2D eigenvalue weighted by atomic mass is 9.80. The summed E-state index contributed by atoms with van der Waals surface area (Å²) in [6.45, 7) is 3.47. The predicted octanol–water partition coefficient (Wildman–Crippen LogP) is 1.36. The average molecular weight is 267 g/mol. The molecular weight excluding hydrogens is 238 g/mol. The third kappa shape index (κ3) is 3.77. The minimum Gasteiger partial charge on any atom is -0.380 e. The van der Waals surface area contributed by atoms with Crippen LogP contribution in [-0.2, 0) is 4.74 Å². The highest BCUT2D eigenvalue weighted by Crippen LogP contribution is 2.31. The summed E-state index contributed by atoms with van der Waals surface area (Å²) in [6.07, 6.45) is 6.26. The van der Waals surface area contributed by atoms with E-state index in [1.54, 1.807) is 0 Å². The van der Waals surface area contributed by atoms with E-state index in [4.69, 9.17) is 4.74 Å². The SMILES string of the molecule is CN=CC1CCN(C)C(C2CC(OC)CN(C)C2)C1. The van der Waals surface area contributed by atoms with Crippen molar-refractivity contribution in [3.05, 3.63) is 0 Å². The van der Waals surface area contributed by atoms with Crippen LogP contribution in [0, 0.1) is 11.8 Å². The smallest absolute Gasteiger partial charge is 0.0701 e. The second-order valence-electron chi connectivity index (χ2n) is 6.31. The molecule has 2 saturated heterocycles. The molecule has 0 aromatic rings. The summed E-state index contributed by atoms with van der Waals surface area (Å²) in [5, 5.41) is 0. The molecule has 2 aliphatic heterocycles. The molecule has 2 heterocycles. The van der Waals surface area contributed by atoms with E-state index in [9.17, 15) is 0 Å². The Morgan fingerprint density at radius 3 is 2.68 bits per heavy atom. The molecule has 4 unspecified atom stereocenters. The largest absolute Gasteiger partial charge is 0.380 e. The second kappa shape index (κ2) is 6.82. The van der Waals surface area contributed by atoms with Gasteiger partial charge in [-0.2, -0.15) is 0 Å². The number of methoxy groups -OCH3 is 1. The number of hydrogen-bond acceptors (Lipinski definition) is 4. The normalized spacial score (nSPS) is 38.9. The molecule has 0 N–H and O–H groups in total. The van der Waals surface area contributed by atoms with E-state index < -0.39 is 0 Å². The summed E-state index contributed by atoms with van der Waals surface area (Å²) in [5.41, 5.74) is 0. The van der Waals surface area contributed by atoms with Crippen LogP contribution in [0.15, 0.2) is 4.99 Å². The van der Waals surface area contributed by atoms with Gasteiger partial charge in [0.05, 0.1) is 6.10 Å². The van der Waals surface area contributed by atoms with Crippen LogP contribution in [0.3, 0.4) is 0 Å². The number of rotatable bonds is 3. The van der Waals surface area contributed by atoms with Crippen LogP contribution < -0.4 is 0 Å². The number of aliphatic imine (C=N–C) groups is 1. The van der Waals surface area contributed by atoms with Crippen LogP contribution in [-0.4, -0.2) is 76.0 Å². The van der Waals surface area contributed by atoms with Gasteiger partial charge in [0, 0.05) is 39.5 Å². The molecule has 0 radical (unpaired) electrons. The molecule has 0 aromatic carbocycles. The molecule has 110 valence electrons. The molecule has 0 bridgehead atoms. The number of piperidine rings is 2. The fraction of sp³-hybridized carbons (Fsp3) is 0.933. The number of likely N-dealkylation sites (N-methyl/N-ethyl adjacent to an activating group) is 1. The van der Waals surface area contributed by atoms with Crippen molar-refractivity contribution in [3.63, 3.8) is 0 Å². The summed E-state index contributed by atoms with van der Waals surface area (Å²) in [5.74, 6) is 1.39. The van der Waals surface area contributed by atoms with Gasteiger partial charge in [0.25, 0.3) is 0 Å². The summed E-state index contributed by atoms with van der Waals surface area (Å²) in [7, 11) is 8.23. The zero-order valence-electron chi connectivity index (χ0n) is 12.9. The van der Waals surface area contributed by atoms with Gasteiger partial charge in [0.15, 0.2) is 0 Å². The van der Waals surface area contributed by atoms with Gasteiger partial charge in [-0.25, -0.2) is 0 Å². The number of ether oxygens (including phenoxy) is 1. The van der Waals surface area contributed by atoms with E-state index in [0.717, 1.165) is 12.5 Å². The Bertz CT molecular complexity index is 308. The first kappa shape index (κ1) is 14.9. The highest BCUT2D eigenvalue weighted by molar-refractivity contribution is 5.60. The monoisotopic (exact) mass is 267 g/mol. The summed E-state index contributed by atoms with van der Waals surface area (Å²) in [6, 6.07) is 0.678. The molecular formula is C15H29N3O. The minimum atomic E-state index is 0.400. The van der Waals surface area contributed by atoms with Gasteiger partial charge < -0.3 is 19.5 Å². The fourth-order valence-corrected chi connectivity index (χ4v) is 3.80. The molecule has 2 fully saturated rings. The van der Waals surface area contributed by atoms with Crippen LogP contribution >= 0.6 is 0 Å². The van der Waals surface area contributed by atoms with E-state index in [2.05, 4.69) is 35.1 Å². The molecule has 0 amide bonds. The van der Waals surface area contributed by atoms with Gasteiger partial charge in [-0.15, -0.1) is 0 Å². The molecule has 0 saturated carbocycles. The van der Waals surface area contributed by atoms with Crippen molar-refractivity contribution in [1.29, 1.82) is 0 Å². The third-order valence-corrected chi connectivity index (χ3v) is 4.83. The fourth-order valence-electron chi connectivity index (χ4n) is 3.80. The molecule has 2 rings (SSSR count). The van der Waals surface area contributed by atoms with Crippen molar-refractivity contribution >= 4 is 6.21 Å². The predicted molar refractivity (Wildman–Crippen MR) is 80.0 cm³/mol. The molecule has 0 spiro atoms. The number of nitrogens with zero attached hydrogens (tertiary/aromatic N) is 3. The van der Waals surface area contributed by atoms with Gasteiger partial charge in [-0.1, -0.05) is 0 Å². The molecule has 0 aliphatic carbocycles. The summed E-state index contributed by atoms with van der Waals surface area (Å²) >= 11 is 0. The first-order valence-corrected chi connectivity index (χ1v) is 7.48. The topological polar surface area (TPSA) is 28.1 Å². The molecule has 4 heteroatoms. The van der Waals surface area contributed by atoms with Gasteiger partial charge in [0.2, 0.25) is 0 Å². The Hall–Kier alpha value is -0.450. The molecule has 0 aromatic heterocycles. The molecule has 19 heavy (non-hydrogen) atoms. The highest BCUT2D eigenvalue weighted by atomic mass is 16.5. The maximum absolute atomic E-state index is 5.61. The maximum atomic E-state index is 5.61. The lowest BCUT2D eigenvalue weighted by Gasteiger charge is -2.45. The first-order valence-electron chi connectivity index (χ1n) is 7.48. The number of hydrogen-bond donors (Lipinski definition) is 0. The van der Waals surface area contributed by atoms with Gasteiger partial charge in [-0.3, -0.25) is 0 Å². The van der Waals surface area contributed by atoms with Crippen LogP contribution in [0.4, 0.5) is 0 Å². The Morgan fingerprint density at radius 2 is 2.00 bits per heavy atom. The van der Waals surface area contributed by atoms with E-state index in [0.29, 0.717) is 18.1 Å². The molecule has 4 nitrogen and oxygen atoms in total. The summed E-state index contributed by atoms with van der Waals surface area (Å²) in [4.78, 5) is 9.21. The lowest BCUT2D eigenvalue weighted by molar-refractivity contribution is -0.0150. The van der Waals surface area contributed by atoms with Crippen LogP contribution in [0.2, 0.25) is 0 Å². The van der Waals surface area contributed by atoms with Crippen molar-refractivity contribution in [1.82, 2.24) is 9.80 Å². The van der Waals surface area contributed by atoms with Crippen molar-refractivity contribution in [3.8, 4) is 0 Å². The van der Waals surface area contributed by atoms with Crippen molar-refractivity contribution in [2.24, 2.45) is 16.8 Å². The summed E-state index contributed by atoms with van der Waals surface area (Å²) < 4.78 is 5.61. The highest BCUT2D eigenvalue weighted by Gasteiger charge is 2.36. The minimum absolute atomic E-state index is 0.400. The second-order valence-corrected chi connectivity index (χ2v) is 6.31. The number of likely N-dealkylation sites (tertiary alicyclic amines) is 2. The van der Waals surface area contributed by atoms with Gasteiger partial charge in [-0.05, 0) is 51.7 Å². The van der Waals surface area contributed by atoms with Gasteiger partial charge in [0.1, 0.15) is 0 Å².